The van der Waals surface area contributed by atoms with Crippen molar-refractivity contribution in [3.63, 3.8) is 0 Å². The van der Waals surface area contributed by atoms with E-state index in [-0.39, 0.29) is 17.7 Å². The van der Waals surface area contributed by atoms with Crippen molar-refractivity contribution in [1.82, 2.24) is 15.2 Å². The van der Waals surface area contributed by atoms with Crippen LogP contribution in [0.4, 0.5) is 0 Å². The SMILES string of the molecule is O=C(CCc1ccc(O)cc1)NC1CCN(Cc2ccncc2)CC1. The van der Waals surface area contributed by atoms with Gasteiger partial charge in [-0.1, -0.05) is 12.1 Å². The number of aromatic nitrogens is 1. The Morgan fingerprint density at radius 2 is 1.76 bits per heavy atom. The largest absolute Gasteiger partial charge is 0.508 e. The van der Waals surface area contributed by atoms with E-state index in [0.717, 1.165) is 38.0 Å². The molecule has 1 fully saturated rings. The van der Waals surface area contributed by atoms with Crippen molar-refractivity contribution in [1.29, 1.82) is 0 Å². The summed E-state index contributed by atoms with van der Waals surface area (Å²) in [4.78, 5) is 18.6. The molecule has 3 rings (SSSR count). The Hall–Kier alpha value is -2.40. The molecule has 5 heteroatoms. The standard InChI is InChI=1S/C20H25N3O2/c24-19-4-1-16(2-5-19)3-6-20(25)22-18-9-13-23(14-10-18)15-17-7-11-21-12-8-17/h1-2,4-5,7-8,11-12,18,24H,3,6,9-10,13-15H2,(H,22,25). The van der Waals surface area contributed by atoms with Gasteiger partial charge in [0.15, 0.2) is 0 Å². The number of carbonyl (C=O) groups is 1. The van der Waals surface area contributed by atoms with E-state index in [4.69, 9.17) is 0 Å². The molecule has 0 bridgehead atoms. The van der Waals surface area contributed by atoms with Gasteiger partial charge in [0.2, 0.25) is 5.91 Å². The molecule has 0 aliphatic carbocycles. The van der Waals surface area contributed by atoms with Gasteiger partial charge in [-0.15, -0.1) is 0 Å². The third-order valence-electron chi connectivity index (χ3n) is 4.69. The molecule has 1 amide bonds. The number of phenols is 1. The highest BCUT2D eigenvalue weighted by Gasteiger charge is 2.20. The average Bonchev–Trinajstić information content (AvgIpc) is 2.64. The third kappa shape index (κ3) is 5.57. The topological polar surface area (TPSA) is 65.5 Å². The van der Waals surface area contributed by atoms with Crippen LogP contribution in [0.1, 0.15) is 30.4 Å². The number of nitrogens with one attached hydrogen (secondary N) is 1. The highest BCUT2D eigenvalue weighted by Crippen LogP contribution is 2.14. The summed E-state index contributed by atoms with van der Waals surface area (Å²) in [6.45, 7) is 2.96. The molecule has 25 heavy (non-hydrogen) atoms. The smallest absolute Gasteiger partial charge is 0.220 e. The zero-order valence-corrected chi connectivity index (χ0v) is 14.4. The van der Waals surface area contributed by atoms with Crippen LogP contribution in [0.25, 0.3) is 0 Å². The number of likely N-dealkylation sites (tertiary alicyclic amines) is 1. The average molecular weight is 339 g/mol. The Bertz CT molecular complexity index is 665. The first-order valence-electron chi connectivity index (χ1n) is 8.87. The molecule has 2 aromatic rings. The number of hydrogen-bond donors (Lipinski definition) is 2. The molecule has 1 saturated heterocycles. The number of aryl methyl sites for hydroxylation is 1. The van der Waals surface area contributed by atoms with Gasteiger partial charge in [-0.05, 0) is 54.7 Å². The van der Waals surface area contributed by atoms with E-state index < -0.39 is 0 Å². The molecule has 0 saturated carbocycles. The summed E-state index contributed by atoms with van der Waals surface area (Å²) in [5.41, 5.74) is 2.35. The lowest BCUT2D eigenvalue weighted by molar-refractivity contribution is -0.122. The van der Waals surface area contributed by atoms with Gasteiger partial charge in [0, 0.05) is 44.5 Å². The lowest BCUT2D eigenvalue weighted by atomic mass is 10.0. The first-order valence-corrected chi connectivity index (χ1v) is 8.87. The van der Waals surface area contributed by atoms with Gasteiger partial charge >= 0.3 is 0 Å². The molecule has 2 N–H and O–H groups in total. The number of hydrogen-bond acceptors (Lipinski definition) is 4. The summed E-state index contributed by atoms with van der Waals surface area (Å²) < 4.78 is 0. The molecule has 5 nitrogen and oxygen atoms in total. The number of benzene rings is 1. The minimum atomic E-state index is 0.112. The van der Waals surface area contributed by atoms with E-state index in [1.54, 1.807) is 12.1 Å². The molecule has 1 aromatic carbocycles. The minimum Gasteiger partial charge on any atom is -0.508 e. The minimum absolute atomic E-state index is 0.112. The van der Waals surface area contributed by atoms with Gasteiger partial charge in [0.25, 0.3) is 0 Å². The van der Waals surface area contributed by atoms with Crippen molar-refractivity contribution >= 4 is 5.91 Å². The van der Waals surface area contributed by atoms with Crippen molar-refractivity contribution in [3.8, 4) is 5.75 Å². The van der Waals surface area contributed by atoms with Crippen LogP contribution < -0.4 is 5.32 Å². The number of aromatic hydroxyl groups is 1. The van der Waals surface area contributed by atoms with E-state index in [1.807, 2.05) is 24.5 Å². The molecule has 0 spiro atoms. The molecule has 0 atom stereocenters. The first-order chi connectivity index (χ1) is 12.2. The number of phenolic OH excluding ortho intramolecular Hbond substituents is 1. The summed E-state index contributed by atoms with van der Waals surface area (Å²) in [6.07, 6.45) is 6.84. The summed E-state index contributed by atoms with van der Waals surface area (Å²) in [6, 6.07) is 11.4. The van der Waals surface area contributed by atoms with Gasteiger partial charge in [-0.25, -0.2) is 0 Å². The van der Waals surface area contributed by atoms with Crippen LogP contribution in [-0.4, -0.2) is 40.0 Å². The fraction of sp³-hybridized carbons (Fsp3) is 0.400. The maximum Gasteiger partial charge on any atom is 0.220 e. The number of piperidine rings is 1. The Labute approximate surface area is 148 Å². The fourth-order valence-electron chi connectivity index (χ4n) is 3.20. The number of amides is 1. The second-order valence-corrected chi connectivity index (χ2v) is 6.64. The molecular formula is C20H25N3O2. The Morgan fingerprint density at radius 3 is 2.44 bits per heavy atom. The maximum absolute atomic E-state index is 12.1. The predicted octanol–water partition coefficient (Wildman–Crippen LogP) is 2.50. The maximum atomic E-state index is 12.1. The highest BCUT2D eigenvalue weighted by atomic mass is 16.3. The lowest BCUT2D eigenvalue weighted by Gasteiger charge is -2.32. The molecular weight excluding hydrogens is 314 g/mol. The van der Waals surface area contributed by atoms with Crippen LogP contribution in [0, 0.1) is 0 Å². The predicted molar refractivity (Wildman–Crippen MR) is 97.1 cm³/mol. The summed E-state index contributed by atoms with van der Waals surface area (Å²) in [7, 11) is 0. The van der Waals surface area contributed by atoms with Crippen LogP contribution in [0.2, 0.25) is 0 Å². The van der Waals surface area contributed by atoms with Crippen LogP contribution in [0.5, 0.6) is 5.75 Å². The Kier molecular flexibility index (Phi) is 6.01. The summed E-state index contributed by atoms with van der Waals surface area (Å²) >= 11 is 0. The number of rotatable bonds is 6. The number of pyridine rings is 1. The third-order valence-corrected chi connectivity index (χ3v) is 4.69. The van der Waals surface area contributed by atoms with Crippen LogP contribution >= 0.6 is 0 Å². The van der Waals surface area contributed by atoms with Crippen molar-refractivity contribution in [2.45, 2.75) is 38.3 Å². The first kappa shape index (κ1) is 17.4. The van der Waals surface area contributed by atoms with Crippen LogP contribution in [0.15, 0.2) is 48.8 Å². The highest BCUT2D eigenvalue weighted by molar-refractivity contribution is 5.76. The van der Waals surface area contributed by atoms with Crippen molar-refractivity contribution in [2.75, 3.05) is 13.1 Å². The quantitative estimate of drug-likeness (QED) is 0.849. The van der Waals surface area contributed by atoms with Crippen molar-refractivity contribution < 1.29 is 9.90 Å². The molecule has 1 aliphatic rings. The zero-order valence-electron chi connectivity index (χ0n) is 14.4. The second kappa shape index (κ2) is 8.62. The zero-order chi connectivity index (χ0) is 17.5. The van der Waals surface area contributed by atoms with Gasteiger partial charge in [-0.3, -0.25) is 14.7 Å². The van der Waals surface area contributed by atoms with Crippen LogP contribution in [0.3, 0.4) is 0 Å². The van der Waals surface area contributed by atoms with E-state index in [2.05, 4.69) is 27.3 Å². The number of nitrogens with zero attached hydrogens (tertiary/aromatic N) is 2. The summed E-state index contributed by atoms with van der Waals surface area (Å²) in [5, 5.41) is 12.4. The van der Waals surface area contributed by atoms with E-state index in [9.17, 15) is 9.90 Å². The van der Waals surface area contributed by atoms with E-state index in [0.29, 0.717) is 12.8 Å². The van der Waals surface area contributed by atoms with Gasteiger partial charge in [-0.2, -0.15) is 0 Å². The monoisotopic (exact) mass is 339 g/mol. The van der Waals surface area contributed by atoms with Crippen LogP contribution in [-0.2, 0) is 17.8 Å². The van der Waals surface area contributed by atoms with E-state index >= 15 is 0 Å². The lowest BCUT2D eigenvalue weighted by Crippen LogP contribution is -2.44. The molecule has 0 unspecified atom stereocenters. The van der Waals surface area contributed by atoms with Gasteiger partial charge < -0.3 is 10.4 Å². The Morgan fingerprint density at radius 1 is 1.08 bits per heavy atom. The molecule has 1 aromatic heterocycles. The van der Waals surface area contributed by atoms with E-state index in [1.165, 1.54) is 5.56 Å². The summed E-state index contributed by atoms with van der Waals surface area (Å²) in [5.74, 6) is 0.368. The fourth-order valence-corrected chi connectivity index (χ4v) is 3.20. The van der Waals surface area contributed by atoms with Gasteiger partial charge in [0.1, 0.15) is 5.75 Å². The normalized spacial score (nSPS) is 15.8. The molecule has 2 heterocycles. The Balaban J connectivity index is 1.36. The second-order valence-electron chi connectivity index (χ2n) is 6.64. The molecule has 1 aliphatic heterocycles. The molecule has 132 valence electrons. The van der Waals surface area contributed by atoms with Crippen molar-refractivity contribution in [2.24, 2.45) is 0 Å². The van der Waals surface area contributed by atoms with Gasteiger partial charge in [0.05, 0.1) is 0 Å². The number of carbonyl (C=O) groups excluding carboxylic acids is 1. The van der Waals surface area contributed by atoms with Crippen molar-refractivity contribution in [3.05, 3.63) is 59.9 Å². The molecule has 0 radical (unpaired) electrons.